The van der Waals surface area contributed by atoms with Crippen LogP contribution in [0.25, 0.3) is 10.9 Å². The molecule has 1 N–H and O–H groups in total. The maximum atomic E-state index is 13.4. The first kappa shape index (κ1) is 19.3. The van der Waals surface area contributed by atoms with Crippen LogP contribution in [0.4, 0.5) is 4.39 Å². The predicted octanol–water partition coefficient (Wildman–Crippen LogP) is 4.27. The Kier molecular flexibility index (Phi) is 5.43. The number of hydrogen-bond acceptors (Lipinski definition) is 3. The van der Waals surface area contributed by atoms with E-state index in [1.165, 1.54) is 17.7 Å². The van der Waals surface area contributed by atoms with Gasteiger partial charge in [-0.25, -0.2) is 4.39 Å². The number of carbonyl (C=O) groups excluding carboxylic acids is 1. The van der Waals surface area contributed by atoms with Gasteiger partial charge in [-0.3, -0.25) is 4.79 Å². The Balaban J connectivity index is 1.39. The Labute approximate surface area is 169 Å². The molecule has 29 heavy (non-hydrogen) atoms. The van der Waals surface area contributed by atoms with Crippen molar-refractivity contribution in [2.24, 2.45) is 0 Å². The Morgan fingerprint density at radius 1 is 1.10 bits per heavy atom. The summed E-state index contributed by atoms with van der Waals surface area (Å²) in [5.74, 6) is 1.55. The van der Waals surface area contributed by atoms with Crippen molar-refractivity contribution in [1.29, 1.82) is 0 Å². The van der Waals surface area contributed by atoms with Crippen molar-refractivity contribution in [2.75, 3.05) is 27.3 Å². The van der Waals surface area contributed by atoms with E-state index in [-0.39, 0.29) is 11.7 Å². The molecule has 1 aromatic heterocycles. The SMILES string of the molecule is COc1ccc(CC(=O)N2CCC(c3c[nH]c4cc(F)ccc34)CC2)cc1OC. The van der Waals surface area contributed by atoms with Crippen LogP contribution in [0.5, 0.6) is 11.5 Å². The molecule has 0 saturated carbocycles. The number of aromatic amines is 1. The molecular weight excluding hydrogens is 371 g/mol. The molecule has 0 radical (unpaired) electrons. The van der Waals surface area contributed by atoms with Gasteiger partial charge in [-0.15, -0.1) is 0 Å². The van der Waals surface area contributed by atoms with Crippen LogP contribution < -0.4 is 9.47 Å². The van der Waals surface area contributed by atoms with Gasteiger partial charge >= 0.3 is 0 Å². The van der Waals surface area contributed by atoms with Gasteiger partial charge in [0.05, 0.1) is 20.6 Å². The van der Waals surface area contributed by atoms with Crippen LogP contribution in [0.1, 0.15) is 29.9 Å². The minimum atomic E-state index is -0.235. The first-order valence-electron chi connectivity index (χ1n) is 9.84. The molecule has 2 heterocycles. The van der Waals surface area contributed by atoms with Crippen LogP contribution in [0.3, 0.4) is 0 Å². The van der Waals surface area contributed by atoms with Crippen molar-refractivity contribution in [3.8, 4) is 11.5 Å². The van der Waals surface area contributed by atoms with Gasteiger partial charge in [0.1, 0.15) is 5.82 Å². The number of ether oxygens (including phenoxy) is 2. The van der Waals surface area contributed by atoms with E-state index < -0.39 is 0 Å². The maximum Gasteiger partial charge on any atom is 0.226 e. The Bertz CT molecular complexity index is 1020. The fourth-order valence-electron chi connectivity index (χ4n) is 4.18. The highest BCUT2D eigenvalue weighted by Crippen LogP contribution is 2.34. The van der Waals surface area contributed by atoms with Gasteiger partial charge in [0.2, 0.25) is 5.91 Å². The molecule has 3 aromatic rings. The number of benzene rings is 2. The van der Waals surface area contributed by atoms with Crippen LogP contribution in [-0.4, -0.2) is 43.1 Å². The molecule has 1 fully saturated rings. The molecule has 0 atom stereocenters. The molecule has 0 aliphatic carbocycles. The number of nitrogens with one attached hydrogen (secondary N) is 1. The van der Waals surface area contributed by atoms with E-state index in [1.807, 2.05) is 35.4 Å². The van der Waals surface area contributed by atoms with Gasteiger partial charge in [0, 0.05) is 30.2 Å². The third kappa shape index (κ3) is 3.92. The minimum absolute atomic E-state index is 0.122. The normalized spacial score (nSPS) is 14.9. The number of piperidine rings is 1. The second-order valence-electron chi connectivity index (χ2n) is 7.46. The van der Waals surface area contributed by atoms with Gasteiger partial charge in [-0.05, 0) is 60.2 Å². The van der Waals surface area contributed by atoms with Crippen molar-refractivity contribution < 1.29 is 18.7 Å². The third-order valence-electron chi connectivity index (χ3n) is 5.77. The average Bonchev–Trinajstić information content (AvgIpc) is 3.16. The van der Waals surface area contributed by atoms with E-state index in [0.717, 1.165) is 42.4 Å². The second kappa shape index (κ2) is 8.15. The predicted molar refractivity (Wildman–Crippen MR) is 110 cm³/mol. The summed E-state index contributed by atoms with van der Waals surface area (Å²) >= 11 is 0. The third-order valence-corrected chi connectivity index (χ3v) is 5.77. The number of rotatable bonds is 5. The van der Waals surface area contributed by atoms with Gasteiger partial charge in [-0.1, -0.05) is 6.07 Å². The molecule has 5 nitrogen and oxygen atoms in total. The lowest BCUT2D eigenvalue weighted by molar-refractivity contribution is -0.131. The molecule has 0 spiro atoms. The van der Waals surface area contributed by atoms with Crippen LogP contribution in [0.2, 0.25) is 0 Å². The molecule has 6 heteroatoms. The Hall–Kier alpha value is -3.02. The number of hydrogen-bond donors (Lipinski definition) is 1. The van der Waals surface area contributed by atoms with Crippen molar-refractivity contribution in [3.05, 3.63) is 59.5 Å². The number of halogens is 1. The Morgan fingerprint density at radius 2 is 1.86 bits per heavy atom. The lowest BCUT2D eigenvalue weighted by atomic mass is 9.89. The van der Waals surface area contributed by atoms with Gasteiger partial charge in [-0.2, -0.15) is 0 Å². The topological polar surface area (TPSA) is 54.6 Å². The molecule has 152 valence electrons. The van der Waals surface area contributed by atoms with Crippen LogP contribution in [-0.2, 0) is 11.2 Å². The fraction of sp³-hybridized carbons (Fsp3) is 0.348. The van der Waals surface area contributed by atoms with Crippen molar-refractivity contribution in [2.45, 2.75) is 25.2 Å². The van der Waals surface area contributed by atoms with Gasteiger partial charge in [0.15, 0.2) is 11.5 Å². The fourth-order valence-corrected chi connectivity index (χ4v) is 4.18. The van der Waals surface area contributed by atoms with E-state index in [0.29, 0.717) is 23.8 Å². The summed E-state index contributed by atoms with van der Waals surface area (Å²) in [6, 6.07) is 10.5. The first-order chi connectivity index (χ1) is 14.1. The van der Waals surface area contributed by atoms with E-state index in [1.54, 1.807) is 14.2 Å². The number of nitrogens with zero attached hydrogens (tertiary/aromatic N) is 1. The quantitative estimate of drug-likeness (QED) is 0.701. The van der Waals surface area contributed by atoms with E-state index in [2.05, 4.69) is 4.98 Å². The standard InChI is InChI=1S/C23H25FN2O3/c1-28-21-6-3-15(11-22(21)29-2)12-23(27)26-9-7-16(8-10-26)19-14-25-20-13-17(24)4-5-18(19)20/h3-6,11,13-14,16,25H,7-10,12H2,1-2H3. The molecule has 1 aliphatic heterocycles. The van der Waals surface area contributed by atoms with Crippen molar-refractivity contribution >= 4 is 16.8 Å². The molecule has 4 rings (SSSR count). The zero-order valence-electron chi connectivity index (χ0n) is 16.7. The monoisotopic (exact) mass is 396 g/mol. The van der Waals surface area contributed by atoms with E-state index in [4.69, 9.17) is 9.47 Å². The number of methoxy groups -OCH3 is 2. The zero-order chi connectivity index (χ0) is 20.4. The summed E-state index contributed by atoms with van der Waals surface area (Å²) in [6.07, 6.45) is 4.14. The van der Waals surface area contributed by atoms with Crippen molar-refractivity contribution in [3.63, 3.8) is 0 Å². The summed E-state index contributed by atoms with van der Waals surface area (Å²) in [4.78, 5) is 17.9. The summed E-state index contributed by atoms with van der Waals surface area (Å²) in [5, 5.41) is 1.07. The largest absolute Gasteiger partial charge is 0.493 e. The molecular formula is C23H25FN2O3. The highest BCUT2D eigenvalue weighted by molar-refractivity contribution is 5.84. The second-order valence-corrected chi connectivity index (χ2v) is 7.46. The number of aromatic nitrogens is 1. The molecule has 0 unspecified atom stereocenters. The number of fused-ring (bicyclic) bond motifs is 1. The van der Waals surface area contributed by atoms with Crippen LogP contribution in [0.15, 0.2) is 42.6 Å². The number of H-pyrrole nitrogens is 1. The summed E-state index contributed by atoms with van der Waals surface area (Å²) in [5.41, 5.74) is 2.95. The van der Waals surface area contributed by atoms with Gasteiger partial charge < -0.3 is 19.4 Å². The molecule has 1 amide bonds. The molecule has 1 saturated heterocycles. The van der Waals surface area contributed by atoms with E-state index in [9.17, 15) is 9.18 Å². The number of amides is 1. The number of likely N-dealkylation sites (tertiary alicyclic amines) is 1. The summed E-state index contributed by atoms with van der Waals surface area (Å²) in [6.45, 7) is 1.45. The number of carbonyl (C=O) groups is 1. The summed E-state index contributed by atoms with van der Waals surface area (Å²) in [7, 11) is 3.18. The molecule has 1 aliphatic rings. The lowest BCUT2D eigenvalue weighted by Gasteiger charge is -2.32. The molecule has 0 bridgehead atoms. The van der Waals surface area contributed by atoms with Crippen LogP contribution >= 0.6 is 0 Å². The van der Waals surface area contributed by atoms with E-state index >= 15 is 0 Å². The maximum absolute atomic E-state index is 13.4. The Morgan fingerprint density at radius 3 is 2.59 bits per heavy atom. The highest BCUT2D eigenvalue weighted by Gasteiger charge is 2.25. The zero-order valence-corrected chi connectivity index (χ0v) is 16.7. The molecule has 2 aromatic carbocycles. The van der Waals surface area contributed by atoms with Gasteiger partial charge in [0.25, 0.3) is 0 Å². The first-order valence-corrected chi connectivity index (χ1v) is 9.84. The van der Waals surface area contributed by atoms with Crippen molar-refractivity contribution in [1.82, 2.24) is 9.88 Å². The lowest BCUT2D eigenvalue weighted by Crippen LogP contribution is -2.38. The van der Waals surface area contributed by atoms with Crippen LogP contribution in [0, 0.1) is 5.82 Å². The summed E-state index contributed by atoms with van der Waals surface area (Å²) < 4.78 is 24.0. The smallest absolute Gasteiger partial charge is 0.226 e. The highest BCUT2D eigenvalue weighted by atomic mass is 19.1. The minimum Gasteiger partial charge on any atom is -0.493 e. The average molecular weight is 396 g/mol.